The van der Waals surface area contributed by atoms with Crippen molar-refractivity contribution in [1.29, 1.82) is 0 Å². The van der Waals surface area contributed by atoms with Crippen molar-refractivity contribution < 1.29 is 9.53 Å². The predicted octanol–water partition coefficient (Wildman–Crippen LogP) is 3.67. The highest BCUT2D eigenvalue weighted by molar-refractivity contribution is 7.09. The van der Waals surface area contributed by atoms with Gasteiger partial charge in [-0.25, -0.2) is 4.98 Å². The number of rotatable bonds is 9. The fourth-order valence-electron chi connectivity index (χ4n) is 2.84. The van der Waals surface area contributed by atoms with Crippen LogP contribution >= 0.6 is 11.3 Å². The van der Waals surface area contributed by atoms with E-state index in [4.69, 9.17) is 4.74 Å². The SMILES string of the molecule is CCN(CC)C(CNC(=O)/C=C/c1csc(C)n1)c1cccc(OC)c1. The van der Waals surface area contributed by atoms with Crippen molar-refractivity contribution in [2.24, 2.45) is 0 Å². The maximum Gasteiger partial charge on any atom is 0.244 e. The smallest absolute Gasteiger partial charge is 0.244 e. The lowest BCUT2D eigenvalue weighted by Crippen LogP contribution is -2.37. The molecule has 1 aromatic carbocycles. The van der Waals surface area contributed by atoms with Gasteiger partial charge in [-0.1, -0.05) is 26.0 Å². The Balaban J connectivity index is 2.06. The van der Waals surface area contributed by atoms with Gasteiger partial charge in [-0.2, -0.15) is 0 Å². The predicted molar refractivity (Wildman–Crippen MR) is 108 cm³/mol. The Kier molecular flexibility index (Phi) is 7.81. The van der Waals surface area contributed by atoms with Crippen LogP contribution in [0.2, 0.25) is 0 Å². The summed E-state index contributed by atoms with van der Waals surface area (Å²) < 4.78 is 5.34. The van der Waals surface area contributed by atoms with Gasteiger partial charge in [0, 0.05) is 18.0 Å². The van der Waals surface area contributed by atoms with Crippen LogP contribution in [0.1, 0.15) is 36.2 Å². The number of thiazole rings is 1. The topological polar surface area (TPSA) is 54.5 Å². The first-order chi connectivity index (χ1) is 12.6. The van der Waals surface area contributed by atoms with E-state index in [2.05, 4.69) is 35.1 Å². The van der Waals surface area contributed by atoms with Crippen LogP contribution in [0.4, 0.5) is 0 Å². The Morgan fingerprint density at radius 2 is 2.15 bits per heavy atom. The average Bonchev–Trinajstić information content (AvgIpc) is 3.08. The van der Waals surface area contributed by atoms with Gasteiger partial charge in [-0.15, -0.1) is 11.3 Å². The van der Waals surface area contributed by atoms with Gasteiger partial charge in [0.1, 0.15) is 5.75 Å². The summed E-state index contributed by atoms with van der Waals surface area (Å²) in [6, 6.07) is 8.12. The number of ether oxygens (including phenoxy) is 1. The summed E-state index contributed by atoms with van der Waals surface area (Å²) in [5, 5.41) is 5.94. The highest BCUT2D eigenvalue weighted by atomic mass is 32.1. The van der Waals surface area contributed by atoms with E-state index in [0.717, 1.165) is 35.1 Å². The number of benzene rings is 1. The first kappa shape index (κ1) is 20.1. The van der Waals surface area contributed by atoms with Crippen LogP contribution in [0.5, 0.6) is 5.75 Å². The number of methoxy groups -OCH3 is 1. The zero-order chi connectivity index (χ0) is 18.9. The zero-order valence-corrected chi connectivity index (χ0v) is 16.7. The molecule has 0 bridgehead atoms. The molecular weight excluding hydrogens is 346 g/mol. The molecule has 1 aromatic heterocycles. The van der Waals surface area contributed by atoms with E-state index in [-0.39, 0.29) is 11.9 Å². The molecule has 1 heterocycles. The molecule has 1 unspecified atom stereocenters. The molecule has 1 N–H and O–H groups in total. The van der Waals surface area contributed by atoms with Crippen molar-refractivity contribution in [1.82, 2.24) is 15.2 Å². The Bertz CT molecular complexity index is 738. The van der Waals surface area contributed by atoms with E-state index in [9.17, 15) is 4.79 Å². The average molecular weight is 374 g/mol. The number of nitrogens with zero attached hydrogens (tertiary/aromatic N) is 2. The van der Waals surface area contributed by atoms with Crippen molar-refractivity contribution in [3.8, 4) is 5.75 Å². The molecule has 0 aliphatic carbocycles. The van der Waals surface area contributed by atoms with Crippen molar-refractivity contribution >= 4 is 23.3 Å². The van der Waals surface area contributed by atoms with Crippen molar-refractivity contribution in [3.05, 3.63) is 52.0 Å². The summed E-state index contributed by atoms with van der Waals surface area (Å²) in [6.45, 7) is 8.55. The normalized spacial score (nSPS) is 12.5. The lowest BCUT2D eigenvalue weighted by atomic mass is 10.0. The number of hydrogen-bond donors (Lipinski definition) is 1. The van der Waals surface area contributed by atoms with E-state index in [0.29, 0.717) is 6.54 Å². The molecule has 1 amide bonds. The lowest BCUT2D eigenvalue weighted by molar-refractivity contribution is -0.116. The number of nitrogens with one attached hydrogen (secondary N) is 1. The molecule has 0 saturated heterocycles. The van der Waals surface area contributed by atoms with Crippen LogP contribution in [0.25, 0.3) is 6.08 Å². The number of aromatic nitrogens is 1. The minimum absolute atomic E-state index is 0.0963. The van der Waals surface area contributed by atoms with E-state index >= 15 is 0 Å². The minimum Gasteiger partial charge on any atom is -0.497 e. The molecule has 0 saturated carbocycles. The zero-order valence-electron chi connectivity index (χ0n) is 15.9. The van der Waals surface area contributed by atoms with Crippen molar-refractivity contribution in [3.63, 3.8) is 0 Å². The van der Waals surface area contributed by atoms with Gasteiger partial charge >= 0.3 is 0 Å². The second kappa shape index (κ2) is 10.1. The van der Waals surface area contributed by atoms with Crippen LogP contribution in [0, 0.1) is 6.92 Å². The fraction of sp³-hybridized carbons (Fsp3) is 0.400. The molecule has 0 aliphatic rings. The van der Waals surface area contributed by atoms with Gasteiger partial charge in [0.15, 0.2) is 0 Å². The monoisotopic (exact) mass is 373 g/mol. The number of hydrogen-bond acceptors (Lipinski definition) is 5. The highest BCUT2D eigenvalue weighted by Gasteiger charge is 2.19. The number of carbonyl (C=O) groups is 1. The first-order valence-electron chi connectivity index (χ1n) is 8.83. The summed E-state index contributed by atoms with van der Waals surface area (Å²) >= 11 is 1.57. The fourth-order valence-corrected chi connectivity index (χ4v) is 3.43. The second-order valence-corrected chi connectivity index (χ2v) is 6.95. The lowest BCUT2D eigenvalue weighted by Gasteiger charge is -2.30. The van der Waals surface area contributed by atoms with Crippen LogP contribution < -0.4 is 10.1 Å². The van der Waals surface area contributed by atoms with Crippen molar-refractivity contribution in [2.45, 2.75) is 26.8 Å². The van der Waals surface area contributed by atoms with E-state index < -0.39 is 0 Å². The minimum atomic E-state index is -0.115. The number of carbonyl (C=O) groups excluding carboxylic acids is 1. The first-order valence-corrected chi connectivity index (χ1v) is 9.71. The molecule has 0 aliphatic heterocycles. The largest absolute Gasteiger partial charge is 0.497 e. The Hall–Kier alpha value is -2.18. The molecule has 2 aromatic rings. The summed E-state index contributed by atoms with van der Waals surface area (Å²) in [5.74, 6) is 0.709. The summed E-state index contributed by atoms with van der Waals surface area (Å²) in [5.41, 5.74) is 1.95. The summed E-state index contributed by atoms with van der Waals surface area (Å²) in [4.78, 5) is 18.9. The Labute approximate surface area is 159 Å². The van der Waals surface area contributed by atoms with E-state index in [1.165, 1.54) is 0 Å². The van der Waals surface area contributed by atoms with Gasteiger partial charge in [-0.3, -0.25) is 9.69 Å². The molecule has 140 valence electrons. The molecule has 2 rings (SSSR count). The Morgan fingerprint density at radius 1 is 1.38 bits per heavy atom. The number of aryl methyl sites for hydroxylation is 1. The van der Waals surface area contributed by atoms with Gasteiger partial charge in [0.25, 0.3) is 0 Å². The van der Waals surface area contributed by atoms with Crippen LogP contribution in [0.3, 0.4) is 0 Å². The molecule has 26 heavy (non-hydrogen) atoms. The van der Waals surface area contributed by atoms with Crippen LogP contribution in [-0.4, -0.2) is 42.5 Å². The molecular formula is C20H27N3O2S. The molecule has 0 spiro atoms. The quantitative estimate of drug-likeness (QED) is 0.682. The molecule has 6 heteroatoms. The van der Waals surface area contributed by atoms with Gasteiger partial charge in [-0.05, 0) is 43.8 Å². The third-order valence-electron chi connectivity index (χ3n) is 4.24. The van der Waals surface area contributed by atoms with Gasteiger partial charge in [0.05, 0.1) is 23.9 Å². The van der Waals surface area contributed by atoms with Gasteiger partial charge < -0.3 is 10.1 Å². The summed E-state index contributed by atoms with van der Waals surface area (Å²) in [6.07, 6.45) is 3.29. The van der Waals surface area contributed by atoms with E-state index in [1.807, 2.05) is 30.5 Å². The maximum absolute atomic E-state index is 12.2. The van der Waals surface area contributed by atoms with E-state index in [1.54, 1.807) is 30.6 Å². The molecule has 1 atom stereocenters. The third-order valence-corrected chi connectivity index (χ3v) is 5.04. The molecule has 0 fully saturated rings. The maximum atomic E-state index is 12.2. The summed E-state index contributed by atoms with van der Waals surface area (Å²) in [7, 11) is 1.66. The third kappa shape index (κ3) is 5.68. The standard InChI is InChI=1S/C20H27N3O2S/c1-5-23(6-2)19(16-8-7-9-18(12-16)25-4)13-21-20(24)11-10-17-14-26-15(3)22-17/h7-12,14,19H,5-6,13H2,1-4H3,(H,21,24)/b11-10+. The number of amides is 1. The van der Waals surface area contributed by atoms with Crippen LogP contribution in [0.15, 0.2) is 35.7 Å². The van der Waals surface area contributed by atoms with Crippen LogP contribution in [-0.2, 0) is 4.79 Å². The van der Waals surface area contributed by atoms with Gasteiger partial charge in [0.2, 0.25) is 5.91 Å². The Morgan fingerprint density at radius 3 is 2.77 bits per heavy atom. The van der Waals surface area contributed by atoms with Crippen molar-refractivity contribution in [2.75, 3.05) is 26.7 Å². The number of likely N-dealkylation sites (N-methyl/N-ethyl adjacent to an activating group) is 1. The molecule has 0 radical (unpaired) electrons. The second-order valence-electron chi connectivity index (χ2n) is 5.88. The molecule has 5 nitrogen and oxygen atoms in total. The highest BCUT2D eigenvalue weighted by Crippen LogP contribution is 2.23.